The lowest BCUT2D eigenvalue weighted by molar-refractivity contribution is 0.0697. The highest BCUT2D eigenvalue weighted by atomic mass is 35.5. The molecule has 1 heterocycles. The zero-order valence-corrected chi connectivity index (χ0v) is 20.0. The molecular formula is C28H33ClN2O2. The Balaban J connectivity index is 1.29. The standard InChI is InChI=1S/C28H33ClN2O2/c29-24-7-3-21(4-8-24)26-11-14-28(12-1-2-13-28)19-23(26)20-30-15-17-31(18-16-30)25-9-5-22(6-10-25)27(32)33/h3-10H,1-2,11-20H2,(H,32,33). The van der Waals surface area contributed by atoms with Crippen molar-refractivity contribution in [3.63, 3.8) is 0 Å². The van der Waals surface area contributed by atoms with Crippen LogP contribution in [0.1, 0.15) is 60.9 Å². The first kappa shape index (κ1) is 22.5. The van der Waals surface area contributed by atoms with E-state index in [0.717, 1.165) is 43.4 Å². The summed E-state index contributed by atoms with van der Waals surface area (Å²) in [7, 11) is 0. The van der Waals surface area contributed by atoms with Crippen LogP contribution in [0.4, 0.5) is 5.69 Å². The molecule has 0 amide bonds. The molecule has 0 radical (unpaired) electrons. The number of anilines is 1. The molecule has 4 nitrogen and oxygen atoms in total. The SMILES string of the molecule is O=C(O)c1ccc(N2CCN(CC3=C(c4ccc(Cl)cc4)CCC4(CCCC4)C3)CC2)cc1. The van der Waals surface area contributed by atoms with E-state index in [1.807, 2.05) is 24.3 Å². The van der Waals surface area contributed by atoms with Crippen molar-refractivity contribution >= 4 is 28.8 Å². The van der Waals surface area contributed by atoms with Crippen LogP contribution in [0.3, 0.4) is 0 Å². The fourth-order valence-corrected chi connectivity index (χ4v) is 6.29. The summed E-state index contributed by atoms with van der Waals surface area (Å²) in [4.78, 5) is 16.1. The van der Waals surface area contributed by atoms with Gasteiger partial charge in [-0.3, -0.25) is 4.90 Å². The number of carboxylic acid groups (broad SMARTS) is 1. The van der Waals surface area contributed by atoms with Gasteiger partial charge < -0.3 is 10.0 Å². The Kier molecular flexibility index (Phi) is 6.49. The van der Waals surface area contributed by atoms with Crippen molar-refractivity contribution in [1.29, 1.82) is 0 Å². The predicted octanol–water partition coefficient (Wildman–Crippen LogP) is 6.36. The summed E-state index contributed by atoms with van der Waals surface area (Å²) in [6.45, 7) is 5.07. The van der Waals surface area contributed by atoms with Crippen LogP contribution in [0.15, 0.2) is 54.1 Å². The van der Waals surface area contributed by atoms with Crippen molar-refractivity contribution in [3.05, 3.63) is 70.3 Å². The van der Waals surface area contributed by atoms with Crippen molar-refractivity contribution < 1.29 is 9.90 Å². The van der Waals surface area contributed by atoms with Crippen LogP contribution in [-0.4, -0.2) is 48.7 Å². The Morgan fingerprint density at radius 2 is 1.58 bits per heavy atom. The molecule has 1 saturated carbocycles. The van der Waals surface area contributed by atoms with Gasteiger partial charge in [-0.15, -0.1) is 0 Å². The van der Waals surface area contributed by atoms with Crippen molar-refractivity contribution in [2.24, 2.45) is 5.41 Å². The highest BCUT2D eigenvalue weighted by Crippen LogP contribution is 2.52. The molecule has 5 rings (SSSR count). The number of carboxylic acids is 1. The molecule has 1 saturated heterocycles. The van der Waals surface area contributed by atoms with Crippen LogP contribution < -0.4 is 4.90 Å². The van der Waals surface area contributed by atoms with Crippen molar-refractivity contribution in [2.75, 3.05) is 37.6 Å². The molecule has 174 valence electrons. The van der Waals surface area contributed by atoms with Crippen molar-refractivity contribution in [2.45, 2.75) is 44.9 Å². The van der Waals surface area contributed by atoms with Crippen LogP contribution in [0.5, 0.6) is 0 Å². The predicted molar refractivity (Wildman–Crippen MR) is 135 cm³/mol. The maximum absolute atomic E-state index is 11.1. The second kappa shape index (κ2) is 9.52. The van der Waals surface area contributed by atoms with Gasteiger partial charge in [-0.05, 0) is 85.1 Å². The lowest BCUT2D eigenvalue weighted by atomic mass is 9.69. The largest absolute Gasteiger partial charge is 0.478 e. The van der Waals surface area contributed by atoms with Crippen molar-refractivity contribution in [3.8, 4) is 0 Å². The molecule has 2 aliphatic carbocycles. The number of benzene rings is 2. The van der Waals surface area contributed by atoms with Gasteiger partial charge in [-0.25, -0.2) is 4.79 Å². The lowest BCUT2D eigenvalue weighted by Crippen LogP contribution is -2.47. The number of piperazine rings is 1. The summed E-state index contributed by atoms with van der Waals surface area (Å²) in [6, 6.07) is 15.7. The number of nitrogens with zero attached hydrogens (tertiary/aromatic N) is 2. The van der Waals surface area contributed by atoms with E-state index in [-0.39, 0.29) is 0 Å². The summed E-state index contributed by atoms with van der Waals surface area (Å²) in [5.74, 6) is -0.872. The Labute approximate surface area is 201 Å². The molecule has 0 bridgehead atoms. The number of carbonyl (C=O) groups is 1. The van der Waals surface area contributed by atoms with Crippen LogP contribution in [-0.2, 0) is 0 Å². The van der Waals surface area contributed by atoms with Gasteiger partial charge in [-0.1, -0.05) is 42.1 Å². The maximum atomic E-state index is 11.1. The zero-order chi connectivity index (χ0) is 22.8. The third-order valence-corrected chi connectivity index (χ3v) is 8.30. The summed E-state index contributed by atoms with van der Waals surface area (Å²) in [6.07, 6.45) is 9.34. The molecule has 33 heavy (non-hydrogen) atoms. The molecule has 1 N–H and O–H groups in total. The molecule has 2 aromatic rings. The van der Waals surface area contributed by atoms with Gasteiger partial charge >= 0.3 is 5.97 Å². The van der Waals surface area contributed by atoms with Crippen LogP contribution in [0.25, 0.3) is 5.57 Å². The molecule has 0 aromatic heterocycles. The van der Waals surface area contributed by atoms with E-state index in [9.17, 15) is 4.79 Å². The van der Waals surface area contributed by atoms with Crippen LogP contribution >= 0.6 is 11.6 Å². The van der Waals surface area contributed by atoms with Gasteiger partial charge in [0.05, 0.1) is 5.56 Å². The minimum atomic E-state index is -0.872. The van der Waals surface area contributed by atoms with Gasteiger partial charge in [0.2, 0.25) is 0 Å². The average Bonchev–Trinajstić information content (AvgIpc) is 3.28. The fourth-order valence-electron chi connectivity index (χ4n) is 6.17. The highest BCUT2D eigenvalue weighted by Gasteiger charge is 2.38. The summed E-state index contributed by atoms with van der Waals surface area (Å²) < 4.78 is 0. The van der Waals surface area contributed by atoms with Gasteiger partial charge in [-0.2, -0.15) is 0 Å². The van der Waals surface area contributed by atoms with Crippen LogP contribution in [0.2, 0.25) is 5.02 Å². The van der Waals surface area contributed by atoms with Crippen LogP contribution in [0, 0.1) is 5.41 Å². The number of halogens is 1. The van der Waals surface area contributed by atoms with E-state index in [2.05, 4.69) is 21.9 Å². The fraction of sp³-hybridized carbons (Fsp3) is 0.464. The minimum absolute atomic E-state index is 0.345. The van der Waals surface area contributed by atoms with Crippen molar-refractivity contribution in [1.82, 2.24) is 4.90 Å². The number of allylic oxidation sites excluding steroid dienone is 1. The smallest absolute Gasteiger partial charge is 0.335 e. The molecule has 5 heteroatoms. The number of hydrogen-bond acceptors (Lipinski definition) is 3. The van der Waals surface area contributed by atoms with E-state index in [0.29, 0.717) is 11.0 Å². The topological polar surface area (TPSA) is 43.8 Å². The molecular weight excluding hydrogens is 432 g/mol. The molecule has 3 aliphatic rings. The molecule has 0 unspecified atom stereocenters. The van der Waals surface area contributed by atoms with Gasteiger partial charge in [0, 0.05) is 43.4 Å². The first-order chi connectivity index (χ1) is 16.0. The molecule has 2 aromatic carbocycles. The van der Waals surface area contributed by atoms with Gasteiger partial charge in [0.15, 0.2) is 0 Å². The molecule has 1 aliphatic heterocycles. The Morgan fingerprint density at radius 1 is 0.909 bits per heavy atom. The van der Waals surface area contributed by atoms with E-state index in [1.54, 1.807) is 23.3 Å². The summed E-state index contributed by atoms with van der Waals surface area (Å²) in [5, 5.41) is 9.94. The summed E-state index contributed by atoms with van der Waals surface area (Å²) >= 11 is 6.17. The molecule has 1 spiro atoms. The number of aromatic carboxylic acids is 1. The van der Waals surface area contributed by atoms with Gasteiger partial charge in [0.1, 0.15) is 0 Å². The van der Waals surface area contributed by atoms with Gasteiger partial charge in [0.25, 0.3) is 0 Å². The normalized spacial score (nSPS) is 21.1. The second-order valence-electron chi connectivity index (χ2n) is 10.1. The number of hydrogen-bond donors (Lipinski definition) is 1. The van der Waals surface area contributed by atoms with E-state index in [1.165, 1.54) is 50.5 Å². The number of rotatable bonds is 5. The van der Waals surface area contributed by atoms with E-state index in [4.69, 9.17) is 16.7 Å². The Hall–Kier alpha value is -2.30. The Morgan fingerprint density at radius 3 is 2.21 bits per heavy atom. The maximum Gasteiger partial charge on any atom is 0.335 e. The first-order valence-corrected chi connectivity index (χ1v) is 12.7. The summed E-state index contributed by atoms with van der Waals surface area (Å²) in [5.41, 5.74) is 6.54. The molecule has 2 fully saturated rings. The average molecular weight is 465 g/mol. The monoisotopic (exact) mass is 464 g/mol. The lowest BCUT2D eigenvalue weighted by Gasteiger charge is -2.41. The zero-order valence-electron chi connectivity index (χ0n) is 19.2. The highest BCUT2D eigenvalue weighted by molar-refractivity contribution is 6.30. The second-order valence-corrected chi connectivity index (χ2v) is 10.5. The third-order valence-electron chi connectivity index (χ3n) is 8.04. The Bertz CT molecular complexity index is 1010. The molecule has 0 atom stereocenters. The third kappa shape index (κ3) is 4.97. The minimum Gasteiger partial charge on any atom is -0.478 e. The van der Waals surface area contributed by atoms with E-state index < -0.39 is 5.97 Å². The quantitative estimate of drug-likeness (QED) is 0.559. The van der Waals surface area contributed by atoms with E-state index >= 15 is 0 Å². The first-order valence-electron chi connectivity index (χ1n) is 12.3.